The molecule has 2 saturated carbocycles. The van der Waals surface area contributed by atoms with Crippen molar-refractivity contribution < 1.29 is 4.79 Å². The van der Waals surface area contributed by atoms with Crippen LogP contribution in [0.1, 0.15) is 50.2 Å². The molecule has 0 aliphatic heterocycles. The highest BCUT2D eigenvalue weighted by Gasteiger charge is 2.65. The molecule has 2 aliphatic carbocycles. The van der Waals surface area contributed by atoms with Gasteiger partial charge in [-0.05, 0) is 23.7 Å². The summed E-state index contributed by atoms with van der Waals surface area (Å²) in [5, 5.41) is 7.13. The van der Waals surface area contributed by atoms with Gasteiger partial charge in [0, 0.05) is 12.1 Å². The highest BCUT2D eigenvalue weighted by atomic mass is 32.1. The Morgan fingerprint density at radius 3 is 2.40 bits per heavy atom. The zero-order valence-electron chi connectivity index (χ0n) is 12.4. The van der Waals surface area contributed by atoms with Gasteiger partial charge in [0.05, 0.1) is 0 Å². The molecule has 0 bridgehead atoms. The van der Waals surface area contributed by atoms with Gasteiger partial charge in [0.15, 0.2) is 5.13 Å². The van der Waals surface area contributed by atoms with E-state index in [0.717, 1.165) is 5.13 Å². The highest BCUT2D eigenvalue weighted by Crippen LogP contribution is 2.62. The molecule has 0 unspecified atom stereocenters. The van der Waals surface area contributed by atoms with E-state index >= 15 is 0 Å². The lowest BCUT2D eigenvalue weighted by molar-refractivity contribution is 0.0948. The highest BCUT2D eigenvalue weighted by molar-refractivity contribution is 7.18. The molecule has 6 heteroatoms. The molecule has 3 rings (SSSR count). The summed E-state index contributed by atoms with van der Waals surface area (Å²) >= 11 is 1.35. The smallest absolute Gasteiger partial charge is 0.265 e. The van der Waals surface area contributed by atoms with Crippen molar-refractivity contribution >= 4 is 28.2 Å². The predicted octanol–water partition coefficient (Wildman–Crippen LogP) is 2.46. The fourth-order valence-electron chi connectivity index (χ4n) is 2.71. The number of hydrogen-bond donors (Lipinski definition) is 3. The van der Waals surface area contributed by atoms with E-state index in [1.165, 1.54) is 24.2 Å². The van der Waals surface area contributed by atoms with Gasteiger partial charge >= 0.3 is 0 Å². The van der Waals surface area contributed by atoms with Crippen molar-refractivity contribution in [3.8, 4) is 0 Å². The Hall–Kier alpha value is -1.30. The van der Waals surface area contributed by atoms with Crippen molar-refractivity contribution in [3.63, 3.8) is 0 Å². The van der Waals surface area contributed by atoms with Crippen LogP contribution in [0.4, 0.5) is 10.9 Å². The monoisotopic (exact) mass is 294 g/mol. The molecule has 1 aromatic heterocycles. The molecular weight excluding hydrogens is 272 g/mol. The SMILES string of the molecule is CC1(C)C(NC(=O)c2sc(NC3CC3)nc2N)C1(C)C. The molecule has 2 fully saturated rings. The normalized spacial score (nSPS) is 23.4. The van der Waals surface area contributed by atoms with E-state index in [0.29, 0.717) is 16.7 Å². The van der Waals surface area contributed by atoms with Crippen LogP contribution in [-0.4, -0.2) is 23.0 Å². The Morgan fingerprint density at radius 2 is 1.90 bits per heavy atom. The second-order valence-electron chi connectivity index (χ2n) is 7.00. The molecule has 0 atom stereocenters. The Kier molecular flexibility index (Phi) is 2.80. The van der Waals surface area contributed by atoms with Crippen molar-refractivity contribution in [2.45, 2.75) is 52.6 Å². The van der Waals surface area contributed by atoms with Crippen LogP contribution in [-0.2, 0) is 0 Å². The fraction of sp³-hybridized carbons (Fsp3) is 0.714. The van der Waals surface area contributed by atoms with Crippen molar-refractivity contribution in [2.24, 2.45) is 10.8 Å². The first kappa shape index (κ1) is 13.7. The number of nitrogens with one attached hydrogen (secondary N) is 2. The Balaban J connectivity index is 1.70. The predicted molar refractivity (Wildman–Crippen MR) is 82.0 cm³/mol. The first-order valence-corrected chi connectivity index (χ1v) is 7.89. The minimum Gasteiger partial charge on any atom is -0.382 e. The van der Waals surface area contributed by atoms with Gasteiger partial charge in [-0.1, -0.05) is 39.0 Å². The number of hydrogen-bond acceptors (Lipinski definition) is 5. The summed E-state index contributed by atoms with van der Waals surface area (Å²) in [6.45, 7) is 8.70. The molecule has 0 spiro atoms. The minimum absolute atomic E-state index is 0.104. The first-order valence-electron chi connectivity index (χ1n) is 7.07. The third kappa shape index (κ3) is 2.06. The lowest BCUT2D eigenvalue weighted by atomic mass is 10.0. The Labute approximate surface area is 123 Å². The largest absolute Gasteiger partial charge is 0.382 e. The zero-order valence-corrected chi connectivity index (χ0v) is 13.2. The quantitative estimate of drug-likeness (QED) is 0.797. The van der Waals surface area contributed by atoms with E-state index in [1.54, 1.807) is 0 Å². The minimum atomic E-state index is -0.104. The topological polar surface area (TPSA) is 80.0 Å². The van der Waals surface area contributed by atoms with E-state index in [4.69, 9.17) is 5.73 Å². The van der Waals surface area contributed by atoms with Gasteiger partial charge in [-0.3, -0.25) is 4.79 Å². The summed E-state index contributed by atoms with van der Waals surface area (Å²) < 4.78 is 0. The van der Waals surface area contributed by atoms with Gasteiger partial charge in [0.25, 0.3) is 5.91 Å². The van der Waals surface area contributed by atoms with Crippen molar-refractivity contribution in [2.75, 3.05) is 11.1 Å². The Bertz CT molecular complexity index is 546. The van der Waals surface area contributed by atoms with E-state index in [-0.39, 0.29) is 22.8 Å². The van der Waals surface area contributed by atoms with Gasteiger partial charge in [-0.25, -0.2) is 4.98 Å². The van der Waals surface area contributed by atoms with Gasteiger partial charge in [0.2, 0.25) is 0 Å². The number of rotatable bonds is 4. The number of carbonyl (C=O) groups excluding carboxylic acids is 1. The van der Waals surface area contributed by atoms with Gasteiger partial charge in [-0.2, -0.15) is 0 Å². The molecule has 1 heterocycles. The molecule has 0 aromatic carbocycles. The van der Waals surface area contributed by atoms with E-state index < -0.39 is 0 Å². The molecule has 5 nitrogen and oxygen atoms in total. The molecule has 0 radical (unpaired) electrons. The van der Waals surface area contributed by atoms with E-state index in [2.05, 4.69) is 43.3 Å². The third-order valence-electron chi connectivity index (χ3n) is 5.06. The number of nitrogens with two attached hydrogens (primary N) is 1. The van der Waals surface area contributed by atoms with Crippen LogP contribution in [0.5, 0.6) is 0 Å². The molecule has 20 heavy (non-hydrogen) atoms. The average molecular weight is 294 g/mol. The standard InChI is InChI=1S/C14H22N4OS/c1-13(2)11(14(13,3)4)18-10(19)8-9(15)17-12(20-8)16-7-5-6-7/h7,11H,5-6,15H2,1-4H3,(H,16,17)(H,18,19). The maximum atomic E-state index is 12.4. The molecule has 2 aliphatic rings. The summed E-state index contributed by atoms with van der Waals surface area (Å²) in [4.78, 5) is 17.1. The molecular formula is C14H22N4OS. The summed E-state index contributed by atoms with van der Waals surface area (Å²) in [5.74, 6) is 0.222. The molecule has 110 valence electrons. The Morgan fingerprint density at radius 1 is 1.30 bits per heavy atom. The van der Waals surface area contributed by atoms with Crippen molar-refractivity contribution in [1.82, 2.24) is 10.3 Å². The number of thiazole rings is 1. The molecule has 1 amide bonds. The first-order chi connectivity index (χ1) is 9.23. The van der Waals surface area contributed by atoms with Crippen LogP contribution in [0.2, 0.25) is 0 Å². The lowest BCUT2D eigenvalue weighted by Crippen LogP contribution is -2.29. The number of nitrogen functional groups attached to an aromatic ring is 1. The van der Waals surface area contributed by atoms with Crippen molar-refractivity contribution in [3.05, 3.63) is 4.88 Å². The van der Waals surface area contributed by atoms with Crippen molar-refractivity contribution in [1.29, 1.82) is 0 Å². The van der Waals surface area contributed by atoms with Gasteiger partial charge in [0.1, 0.15) is 10.7 Å². The zero-order chi connectivity index (χ0) is 14.7. The van der Waals surface area contributed by atoms with Crippen LogP contribution in [0, 0.1) is 10.8 Å². The lowest BCUT2D eigenvalue weighted by Gasteiger charge is -2.05. The van der Waals surface area contributed by atoms with Crippen LogP contribution in [0.25, 0.3) is 0 Å². The summed E-state index contributed by atoms with van der Waals surface area (Å²) in [6, 6.07) is 0.696. The average Bonchev–Trinajstić information content (AvgIpc) is 3.15. The maximum Gasteiger partial charge on any atom is 0.265 e. The number of nitrogens with zero attached hydrogens (tertiary/aromatic N) is 1. The van der Waals surface area contributed by atoms with Crippen LogP contribution < -0.4 is 16.4 Å². The van der Waals surface area contributed by atoms with E-state index in [9.17, 15) is 4.79 Å². The summed E-state index contributed by atoms with van der Waals surface area (Å²) in [5.41, 5.74) is 6.11. The summed E-state index contributed by atoms with van der Waals surface area (Å²) in [7, 11) is 0. The molecule has 4 N–H and O–H groups in total. The number of amides is 1. The maximum absolute atomic E-state index is 12.4. The third-order valence-corrected chi connectivity index (χ3v) is 6.06. The van der Waals surface area contributed by atoms with Crippen LogP contribution in [0.3, 0.4) is 0 Å². The second kappa shape index (κ2) is 4.10. The summed E-state index contributed by atoms with van der Waals surface area (Å²) in [6.07, 6.45) is 2.34. The molecule has 0 saturated heterocycles. The fourth-order valence-corrected chi connectivity index (χ4v) is 3.58. The number of aromatic nitrogens is 1. The van der Waals surface area contributed by atoms with Gasteiger partial charge < -0.3 is 16.4 Å². The second-order valence-corrected chi connectivity index (χ2v) is 8.00. The number of carbonyl (C=O) groups is 1. The van der Waals surface area contributed by atoms with Crippen LogP contribution >= 0.6 is 11.3 Å². The van der Waals surface area contributed by atoms with Crippen LogP contribution in [0.15, 0.2) is 0 Å². The number of anilines is 2. The molecule has 1 aromatic rings. The van der Waals surface area contributed by atoms with Gasteiger partial charge in [-0.15, -0.1) is 0 Å². The van der Waals surface area contributed by atoms with E-state index in [1.807, 2.05) is 0 Å².